The second kappa shape index (κ2) is 4.86. The smallest absolute Gasteiger partial charge is 0.0376 e. The Morgan fingerprint density at radius 3 is 1.15 bits per heavy atom. The van der Waals surface area contributed by atoms with E-state index >= 15 is 0 Å². The minimum Gasteiger partial charge on any atom is -0.398 e. The number of nitrogen functional groups attached to an aromatic ring is 2. The van der Waals surface area contributed by atoms with E-state index in [-0.39, 0.29) is 0 Å². The Morgan fingerprint density at radius 1 is 0.550 bits per heavy atom. The molecule has 20 heavy (non-hydrogen) atoms. The summed E-state index contributed by atoms with van der Waals surface area (Å²) in [6, 6.07) is 4.38. The van der Waals surface area contributed by atoms with Gasteiger partial charge in [0.15, 0.2) is 0 Å². The molecule has 0 aromatic heterocycles. The zero-order valence-corrected chi connectivity index (χ0v) is 13.3. The topological polar surface area (TPSA) is 52.0 Å². The van der Waals surface area contributed by atoms with E-state index in [4.69, 9.17) is 11.5 Å². The predicted octanol–water partition coefficient (Wildman–Crippen LogP) is 4.37. The van der Waals surface area contributed by atoms with Crippen molar-refractivity contribution < 1.29 is 0 Å². The van der Waals surface area contributed by atoms with Gasteiger partial charge >= 0.3 is 0 Å². The van der Waals surface area contributed by atoms with Crippen molar-refractivity contribution in [3.8, 4) is 11.1 Å². The molecule has 0 heterocycles. The van der Waals surface area contributed by atoms with Gasteiger partial charge in [0, 0.05) is 11.4 Å². The first-order valence-electron chi connectivity index (χ1n) is 6.98. The number of benzene rings is 2. The Balaban J connectivity index is 2.83. The fraction of sp³-hybridized carbons (Fsp3) is 0.333. The van der Waals surface area contributed by atoms with Gasteiger partial charge in [-0.25, -0.2) is 0 Å². The average molecular weight is 268 g/mol. The van der Waals surface area contributed by atoms with Crippen molar-refractivity contribution in [2.45, 2.75) is 41.5 Å². The lowest BCUT2D eigenvalue weighted by Crippen LogP contribution is -2.02. The van der Waals surface area contributed by atoms with Crippen LogP contribution >= 0.6 is 0 Å². The van der Waals surface area contributed by atoms with Crippen LogP contribution in [0.1, 0.15) is 33.4 Å². The molecule has 0 saturated heterocycles. The van der Waals surface area contributed by atoms with Gasteiger partial charge in [0.25, 0.3) is 0 Å². The van der Waals surface area contributed by atoms with Crippen LogP contribution in [0.4, 0.5) is 11.4 Å². The molecule has 0 fully saturated rings. The van der Waals surface area contributed by atoms with Crippen LogP contribution in [0.5, 0.6) is 0 Å². The van der Waals surface area contributed by atoms with Gasteiger partial charge in [-0.05, 0) is 98.2 Å². The molecule has 2 rings (SSSR count). The number of anilines is 2. The van der Waals surface area contributed by atoms with Crippen LogP contribution in [0.3, 0.4) is 0 Å². The van der Waals surface area contributed by atoms with E-state index in [0.29, 0.717) is 0 Å². The lowest BCUT2D eigenvalue weighted by molar-refractivity contribution is 1.27. The van der Waals surface area contributed by atoms with Crippen LogP contribution < -0.4 is 11.5 Å². The molecule has 0 spiro atoms. The molecule has 2 nitrogen and oxygen atoms in total. The van der Waals surface area contributed by atoms with Crippen LogP contribution in [0.15, 0.2) is 12.1 Å². The Kier molecular flexibility index (Phi) is 3.51. The van der Waals surface area contributed by atoms with Gasteiger partial charge in [0.2, 0.25) is 0 Å². The molecule has 0 aliphatic carbocycles. The van der Waals surface area contributed by atoms with Crippen molar-refractivity contribution >= 4 is 11.4 Å². The molecule has 2 aromatic rings. The zero-order chi connectivity index (χ0) is 15.2. The van der Waals surface area contributed by atoms with Gasteiger partial charge in [-0.15, -0.1) is 0 Å². The Hall–Kier alpha value is -1.96. The normalized spacial score (nSPS) is 10.9. The Morgan fingerprint density at radius 2 is 0.850 bits per heavy atom. The SMILES string of the molecule is Cc1cc(-c2cc(C)c(N)c(C)c2C)c(C)c(C)c1N. The maximum Gasteiger partial charge on any atom is 0.0376 e. The Labute approximate surface area is 121 Å². The van der Waals surface area contributed by atoms with E-state index in [1.165, 1.54) is 33.4 Å². The van der Waals surface area contributed by atoms with Crippen molar-refractivity contribution in [3.63, 3.8) is 0 Å². The van der Waals surface area contributed by atoms with E-state index in [2.05, 4.69) is 53.7 Å². The maximum atomic E-state index is 6.13. The van der Waals surface area contributed by atoms with Crippen molar-refractivity contribution in [1.82, 2.24) is 0 Å². The molecule has 106 valence electrons. The molecule has 0 atom stereocenters. The first-order valence-corrected chi connectivity index (χ1v) is 6.98. The van der Waals surface area contributed by atoms with Gasteiger partial charge in [-0.2, -0.15) is 0 Å². The quantitative estimate of drug-likeness (QED) is 0.755. The van der Waals surface area contributed by atoms with Crippen LogP contribution in [-0.2, 0) is 0 Å². The lowest BCUT2D eigenvalue weighted by Gasteiger charge is -2.19. The third kappa shape index (κ3) is 2.05. The summed E-state index contributed by atoms with van der Waals surface area (Å²) in [5.74, 6) is 0. The summed E-state index contributed by atoms with van der Waals surface area (Å²) in [5.41, 5.74) is 23.7. The van der Waals surface area contributed by atoms with E-state index in [0.717, 1.165) is 22.5 Å². The number of nitrogens with two attached hydrogens (primary N) is 2. The van der Waals surface area contributed by atoms with Crippen LogP contribution in [0.25, 0.3) is 11.1 Å². The summed E-state index contributed by atoms with van der Waals surface area (Å²) in [6.07, 6.45) is 0. The minimum absolute atomic E-state index is 0.896. The molecule has 0 amide bonds. The highest BCUT2D eigenvalue weighted by atomic mass is 14.6. The van der Waals surface area contributed by atoms with Crippen molar-refractivity contribution in [3.05, 3.63) is 45.5 Å². The standard InChI is InChI=1S/C18H24N2/c1-9-7-15(11(3)13(5)17(9)19)16-8-10(2)18(20)14(6)12(16)4/h7-8H,19-20H2,1-6H3. The number of aryl methyl sites for hydroxylation is 2. The van der Waals surface area contributed by atoms with E-state index < -0.39 is 0 Å². The number of hydrogen-bond acceptors (Lipinski definition) is 2. The van der Waals surface area contributed by atoms with E-state index in [1.54, 1.807) is 0 Å². The molecular weight excluding hydrogens is 244 g/mol. The lowest BCUT2D eigenvalue weighted by atomic mass is 9.88. The van der Waals surface area contributed by atoms with Crippen LogP contribution in [0.2, 0.25) is 0 Å². The summed E-state index contributed by atoms with van der Waals surface area (Å²) in [5, 5.41) is 0. The van der Waals surface area contributed by atoms with Gasteiger partial charge in [0.05, 0.1) is 0 Å². The number of rotatable bonds is 1. The molecule has 0 aliphatic heterocycles. The highest BCUT2D eigenvalue weighted by Crippen LogP contribution is 2.36. The van der Waals surface area contributed by atoms with Crippen LogP contribution in [-0.4, -0.2) is 0 Å². The number of hydrogen-bond donors (Lipinski definition) is 2. The molecular formula is C18H24N2. The molecule has 4 N–H and O–H groups in total. The minimum atomic E-state index is 0.896. The predicted molar refractivity (Wildman–Crippen MR) is 89.1 cm³/mol. The second-order valence-electron chi connectivity index (χ2n) is 5.81. The molecule has 0 saturated carbocycles. The van der Waals surface area contributed by atoms with Gasteiger partial charge in [0.1, 0.15) is 0 Å². The molecule has 0 unspecified atom stereocenters. The molecule has 0 aliphatic rings. The summed E-state index contributed by atoms with van der Waals surface area (Å²) in [4.78, 5) is 0. The van der Waals surface area contributed by atoms with Gasteiger partial charge in [-0.3, -0.25) is 0 Å². The summed E-state index contributed by atoms with van der Waals surface area (Å²) < 4.78 is 0. The highest BCUT2D eigenvalue weighted by molar-refractivity contribution is 5.80. The van der Waals surface area contributed by atoms with Gasteiger partial charge in [-0.1, -0.05) is 0 Å². The van der Waals surface area contributed by atoms with Crippen molar-refractivity contribution in [1.29, 1.82) is 0 Å². The van der Waals surface area contributed by atoms with Gasteiger partial charge < -0.3 is 11.5 Å². The van der Waals surface area contributed by atoms with Crippen molar-refractivity contribution in [2.75, 3.05) is 11.5 Å². The fourth-order valence-corrected chi connectivity index (χ4v) is 2.76. The second-order valence-corrected chi connectivity index (χ2v) is 5.81. The third-order valence-corrected chi connectivity index (χ3v) is 4.60. The largest absolute Gasteiger partial charge is 0.398 e. The molecule has 2 heteroatoms. The maximum absolute atomic E-state index is 6.13. The fourth-order valence-electron chi connectivity index (χ4n) is 2.76. The van der Waals surface area contributed by atoms with E-state index in [1.807, 2.05) is 0 Å². The first-order chi connectivity index (χ1) is 9.25. The summed E-state index contributed by atoms with van der Waals surface area (Å²) in [7, 11) is 0. The van der Waals surface area contributed by atoms with E-state index in [9.17, 15) is 0 Å². The molecule has 2 aromatic carbocycles. The highest BCUT2D eigenvalue weighted by Gasteiger charge is 2.14. The Bertz CT molecular complexity index is 636. The molecule has 0 radical (unpaired) electrons. The van der Waals surface area contributed by atoms with Crippen LogP contribution in [0, 0.1) is 41.5 Å². The summed E-state index contributed by atoms with van der Waals surface area (Å²) in [6.45, 7) is 12.6. The summed E-state index contributed by atoms with van der Waals surface area (Å²) >= 11 is 0. The third-order valence-electron chi connectivity index (χ3n) is 4.60. The average Bonchev–Trinajstić information content (AvgIpc) is 2.42. The van der Waals surface area contributed by atoms with Crippen molar-refractivity contribution in [2.24, 2.45) is 0 Å². The molecule has 0 bridgehead atoms. The monoisotopic (exact) mass is 268 g/mol. The first kappa shape index (κ1) is 14.4. The zero-order valence-electron chi connectivity index (χ0n) is 13.3.